The summed E-state index contributed by atoms with van der Waals surface area (Å²) in [7, 11) is 0. The molecule has 0 spiro atoms. The van der Waals surface area contributed by atoms with E-state index in [4.69, 9.17) is 22.7 Å². The average molecular weight is 345 g/mol. The molecule has 0 radical (unpaired) electrons. The SMILES string of the molecule is Cc1ccc(NC(=S)N2C[C@H](C(N)=O)Oc3ccccc32)cc1F. The third kappa shape index (κ3) is 3.16. The Balaban J connectivity index is 1.87. The highest BCUT2D eigenvalue weighted by Gasteiger charge is 2.31. The van der Waals surface area contributed by atoms with E-state index in [0.717, 1.165) is 5.69 Å². The van der Waals surface area contributed by atoms with Gasteiger partial charge >= 0.3 is 0 Å². The predicted octanol–water partition coefficient (Wildman–Crippen LogP) is 2.58. The zero-order chi connectivity index (χ0) is 17.3. The van der Waals surface area contributed by atoms with Gasteiger partial charge in [-0.2, -0.15) is 0 Å². The number of para-hydroxylation sites is 2. The first-order valence-electron chi connectivity index (χ1n) is 7.35. The summed E-state index contributed by atoms with van der Waals surface area (Å²) >= 11 is 5.43. The topological polar surface area (TPSA) is 67.6 Å². The fraction of sp³-hybridized carbons (Fsp3) is 0.176. The number of fused-ring (bicyclic) bond motifs is 1. The molecule has 124 valence electrons. The Kier molecular flexibility index (Phi) is 4.35. The first-order valence-corrected chi connectivity index (χ1v) is 7.76. The summed E-state index contributed by atoms with van der Waals surface area (Å²) in [5.74, 6) is -0.370. The minimum Gasteiger partial charge on any atom is -0.477 e. The lowest BCUT2D eigenvalue weighted by molar-refractivity contribution is -0.124. The lowest BCUT2D eigenvalue weighted by Gasteiger charge is -2.35. The molecule has 2 aromatic carbocycles. The molecular formula is C17H16FN3O2S. The molecule has 24 heavy (non-hydrogen) atoms. The van der Waals surface area contributed by atoms with Crippen LogP contribution < -0.4 is 20.7 Å². The molecule has 0 aliphatic carbocycles. The molecule has 3 N–H and O–H groups in total. The number of amides is 1. The number of nitrogens with two attached hydrogens (primary N) is 1. The molecule has 1 aliphatic rings. The highest BCUT2D eigenvalue weighted by molar-refractivity contribution is 7.80. The molecule has 3 rings (SSSR count). The normalized spacial score (nSPS) is 16.1. The number of rotatable bonds is 2. The van der Waals surface area contributed by atoms with Gasteiger partial charge in [0.05, 0.1) is 12.2 Å². The molecule has 0 saturated heterocycles. The summed E-state index contributed by atoms with van der Waals surface area (Å²) in [6.45, 7) is 1.87. The van der Waals surface area contributed by atoms with Gasteiger partial charge < -0.3 is 20.7 Å². The van der Waals surface area contributed by atoms with Crippen molar-refractivity contribution in [2.24, 2.45) is 5.73 Å². The molecule has 0 saturated carbocycles. The number of hydrogen-bond acceptors (Lipinski definition) is 3. The van der Waals surface area contributed by atoms with Crippen molar-refractivity contribution in [3.05, 3.63) is 53.8 Å². The first-order chi connectivity index (χ1) is 11.5. The van der Waals surface area contributed by atoms with E-state index in [1.165, 1.54) is 6.07 Å². The lowest BCUT2D eigenvalue weighted by Crippen LogP contribution is -2.50. The van der Waals surface area contributed by atoms with Crippen LogP contribution in [-0.2, 0) is 4.79 Å². The predicted molar refractivity (Wildman–Crippen MR) is 94.8 cm³/mol. The molecular weight excluding hydrogens is 329 g/mol. The minimum atomic E-state index is -0.811. The Bertz CT molecular complexity index is 812. The molecule has 0 aromatic heterocycles. The van der Waals surface area contributed by atoms with Crippen LogP contribution in [0.3, 0.4) is 0 Å². The van der Waals surface area contributed by atoms with Gasteiger partial charge in [0.1, 0.15) is 11.6 Å². The number of halogens is 1. The Morgan fingerprint density at radius 3 is 2.83 bits per heavy atom. The van der Waals surface area contributed by atoms with Crippen molar-refractivity contribution >= 4 is 34.6 Å². The fourth-order valence-corrected chi connectivity index (χ4v) is 2.73. The zero-order valence-corrected chi connectivity index (χ0v) is 13.8. The van der Waals surface area contributed by atoms with E-state index >= 15 is 0 Å². The van der Waals surface area contributed by atoms with Gasteiger partial charge in [0, 0.05) is 5.69 Å². The van der Waals surface area contributed by atoms with E-state index in [-0.39, 0.29) is 12.4 Å². The van der Waals surface area contributed by atoms with Gasteiger partial charge in [0.25, 0.3) is 5.91 Å². The highest BCUT2D eigenvalue weighted by atomic mass is 32.1. The van der Waals surface area contributed by atoms with Gasteiger partial charge in [-0.25, -0.2) is 4.39 Å². The molecule has 1 amide bonds. The number of carbonyl (C=O) groups is 1. The second-order valence-electron chi connectivity index (χ2n) is 5.48. The molecule has 1 heterocycles. The molecule has 0 fully saturated rings. The smallest absolute Gasteiger partial charge is 0.260 e. The van der Waals surface area contributed by atoms with Crippen molar-refractivity contribution in [2.75, 3.05) is 16.8 Å². The van der Waals surface area contributed by atoms with Gasteiger partial charge in [0.2, 0.25) is 0 Å². The first kappa shape index (κ1) is 16.2. The number of nitrogens with one attached hydrogen (secondary N) is 1. The van der Waals surface area contributed by atoms with E-state index < -0.39 is 12.0 Å². The number of thiocarbonyl (C=S) groups is 1. The maximum Gasteiger partial charge on any atom is 0.260 e. The van der Waals surface area contributed by atoms with E-state index in [2.05, 4.69) is 5.32 Å². The van der Waals surface area contributed by atoms with Crippen molar-refractivity contribution in [3.8, 4) is 5.75 Å². The van der Waals surface area contributed by atoms with Crippen molar-refractivity contribution < 1.29 is 13.9 Å². The standard InChI is InChI=1S/C17H16FN3O2S/c1-10-6-7-11(8-12(10)18)20-17(24)21-9-15(16(19)22)23-14-5-3-2-4-13(14)21/h2-8,15H,9H2,1H3,(H2,19,22)(H,20,24)/t15-/m1/s1. The van der Waals surface area contributed by atoms with Crippen molar-refractivity contribution in [3.63, 3.8) is 0 Å². The molecule has 2 aromatic rings. The maximum absolute atomic E-state index is 13.7. The van der Waals surface area contributed by atoms with Gasteiger partial charge in [-0.15, -0.1) is 0 Å². The van der Waals surface area contributed by atoms with Crippen LogP contribution >= 0.6 is 12.2 Å². The third-order valence-corrected chi connectivity index (χ3v) is 4.08. The summed E-state index contributed by atoms with van der Waals surface area (Å²) in [4.78, 5) is 13.3. The van der Waals surface area contributed by atoms with Crippen LogP contribution in [0.15, 0.2) is 42.5 Å². The number of aryl methyl sites for hydroxylation is 1. The number of anilines is 2. The quantitative estimate of drug-likeness (QED) is 0.819. The van der Waals surface area contributed by atoms with E-state index in [9.17, 15) is 9.18 Å². The van der Waals surface area contributed by atoms with Crippen LogP contribution in [0.5, 0.6) is 5.75 Å². The van der Waals surface area contributed by atoms with Crippen LogP contribution in [0.25, 0.3) is 0 Å². The van der Waals surface area contributed by atoms with Crippen molar-refractivity contribution in [1.29, 1.82) is 0 Å². The third-order valence-electron chi connectivity index (χ3n) is 3.76. The highest BCUT2D eigenvalue weighted by Crippen LogP contribution is 2.33. The Morgan fingerprint density at radius 1 is 1.38 bits per heavy atom. The van der Waals surface area contributed by atoms with Gasteiger partial charge in [-0.1, -0.05) is 18.2 Å². The Labute approximate surface area is 144 Å². The summed E-state index contributed by atoms with van der Waals surface area (Å²) in [6.07, 6.45) is -0.811. The van der Waals surface area contributed by atoms with Crippen molar-refractivity contribution in [2.45, 2.75) is 13.0 Å². The number of ether oxygens (including phenoxy) is 1. The molecule has 1 aliphatic heterocycles. The number of nitrogens with zero attached hydrogens (tertiary/aromatic N) is 1. The van der Waals surface area contributed by atoms with Crippen molar-refractivity contribution in [1.82, 2.24) is 0 Å². The number of primary amides is 1. The Morgan fingerprint density at radius 2 is 2.12 bits per heavy atom. The number of benzene rings is 2. The summed E-state index contributed by atoms with van der Waals surface area (Å²) in [5.41, 5.74) is 7.18. The molecule has 0 bridgehead atoms. The summed E-state index contributed by atoms with van der Waals surface area (Å²) in [5, 5.41) is 3.32. The van der Waals surface area contributed by atoms with E-state index in [1.807, 2.05) is 12.1 Å². The van der Waals surface area contributed by atoms with Gasteiger partial charge in [0.15, 0.2) is 11.2 Å². The number of hydrogen-bond donors (Lipinski definition) is 2. The fourth-order valence-electron chi connectivity index (χ4n) is 2.44. The molecule has 7 heteroatoms. The van der Waals surface area contributed by atoms with Gasteiger partial charge in [-0.3, -0.25) is 4.79 Å². The largest absolute Gasteiger partial charge is 0.477 e. The van der Waals surface area contributed by atoms with Crippen LogP contribution in [0, 0.1) is 12.7 Å². The van der Waals surface area contributed by atoms with Crippen LogP contribution in [0.4, 0.5) is 15.8 Å². The minimum absolute atomic E-state index is 0.187. The van der Waals surface area contributed by atoms with E-state index in [1.54, 1.807) is 36.1 Å². The van der Waals surface area contributed by atoms with Crippen LogP contribution in [0.1, 0.15) is 5.56 Å². The average Bonchev–Trinajstić information content (AvgIpc) is 2.57. The number of carbonyl (C=O) groups excluding carboxylic acids is 1. The second kappa shape index (κ2) is 6.45. The summed E-state index contributed by atoms with van der Waals surface area (Å²) in [6, 6.07) is 12.0. The second-order valence-corrected chi connectivity index (χ2v) is 5.87. The molecule has 1 atom stereocenters. The zero-order valence-electron chi connectivity index (χ0n) is 13.0. The molecule has 0 unspecified atom stereocenters. The van der Waals surface area contributed by atoms with Crippen LogP contribution in [0.2, 0.25) is 0 Å². The maximum atomic E-state index is 13.7. The lowest BCUT2D eigenvalue weighted by atomic mass is 10.2. The summed E-state index contributed by atoms with van der Waals surface area (Å²) < 4.78 is 19.3. The van der Waals surface area contributed by atoms with Crippen LogP contribution in [-0.4, -0.2) is 23.7 Å². The van der Waals surface area contributed by atoms with E-state index in [0.29, 0.717) is 22.1 Å². The van der Waals surface area contributed by atoms with Gasteiger partial charge in [-0.05, 0) is 49.0 Å². The molecule has 5 nitrogen and oxygen atoms in total. The Hall–Kier alpha value is -2.67. The monoisotopic (exact) mass is 345 g/mol.